The fourth-order valence-corrected chi connectivity index (χ4v) is 2.44. The molecule has 0 aliphatic rings. The van der Waals surface area contributed by atoms with Crippen LogP contribution in [0.3, 0.4) is 0 Å². The van der Waals surface area contributed by atoms with Crippen LogP contribution >= 0.6 is 22.9 Å². The summed E-state index contributed by atoms with van der Waals surface area (Å²) in [6.07, 6.45) is 1.57. The highest BCUT2D eigenvalue weighted by atomic mass is 35.5. The number of carbonyl (C=O) groups is 1. The minimum Gasteiger partial charge on any atom is -0.486 e. The number of aryl methyl sites for hydroxylation is 1. The summed E-state index contributed by atoms with van der Waals surface area (Å²) in [7, 11) is 0. The van der Waals surface area contributed by atoms with Crippen LogP contribution in [0.25, 0.3) is 0 Å². The molecule has 0 saturated carbocycles. The minimum atomic E-state index is -0.857. The Labute approximate surface area is 119 Å². The molecule has 0 bridgehead atoms. The maximum atomic E-state index is 10.6. The van der Waals surface area contributed by atoms with E-state index in [-0.39, 0.29) is 6.42 Å². The van der Waals surface area contributed by atoms with Gasteiger partial charge in [0.25, 0.3) is 0 Å². The maximum absolute atomic E-state index is 10.6. The van der Waals surface area contributed by atoms with Gasteiger partial charge in [-0.1, -0.05) is 11.6 Å². The molecule has 0 radical (unpaired) electrons. The molecule has 1 N–H and O–H groups in total. The molecule has 2 aromatic rings. The number of hydrogen-bond donors (Lipinski definition) is 1. The van der Waals surface area contributed by atoms with Crippen molar-refractivity contribution in [2.24, 2.45) is 0 Å². The van der Waals surface area contributed by atoms with E-state index in [1.54, 1.807) is 18.3 Å². The van der Waals surface area contributed by atoms with Crippen molar-refractivity contribution in [3.8, 4) is 5.75 Å². The van der Waals surface area contributed by atoms with Crippen molar-refractivity contribution in [1.29, 1.82) is 0 Å². The van der Waals surface area contributed by atoms with Gasteiger partial charge in [-0.15, -0.1) is 11.3 Å². The Morgan fingerprint density at radius 1 is 1.53 bits per heavy atom. The number of hydrogen-bond acceptors (Lipinski definition) is 4. The van der Waals surface area contributed by atoms with Gasteiger partial charge in [-0.25, -0.2) is 4.98 Å². The summed E-state index contributed by atoms with van der Waals surface area (Å²) in [4.78, 5) is 15.4. The van der Waals surface area contributed by atoms with Crippen molar-refractivity contribution in [3.63, 3.8) is 0 Å². The number of rotatable bonds is 5. The predicted octanol–water partition coefficient (Wildman–Crippen LogP) is 3.31. The van der Waals surface area contributed by atoms with Gasteiger partial charge in [0.05, 0.1) is 6.42 Å². The highest BCUT2D eigenvalue weighted by Gasteiger charge is 2.07. The Hall–Kier alpha value is -1.59. The van der Waals surface area contributed by atoms with E-state index in [4.69, 9.17) is 21.4 Å². The monoisotopic (exact) mass is 297 g/mol. The van der Waals surface area contributed by atoms with Crippen molar-refractivity contribution >= 4 is 28.9 Å². The number of carboxylic acid groups (broad SMARTS) is 1. The van der Waals surface area contributed by atoms with E-state index in [1.807, 2.05) is 13.0 Å². The molecule has 1 aromatic heterocycles. The molecular weight excluding hydrogens is 286 g/mol. The number of thiazole rings is 1. The Morgan fingerprint density at radius 2 is 2.32 bits per heavy atom. The van der Waals surface area contributed by atoms with Gasteiger partial charge in [0, 0.05) is 16.1 Å². The third kappa shape index (κ3) is 3.94. The molecule has 0 atom stereocenters. The number of nitrogens with zero attached hydrogens (tertiary/aromatic N) is 1. The predicted molar refractivity (Wildman–Crippen MR) is 74.0 cm³/mol. The molecule has 19 heavy (non-hydrogen) atoms. The van der Waals surface area contributed by atoms with E-state index in [9.17, 15) is 4.79 Å². The molecule has 0 saturated heterocycles. The molecule has 0 aliphatic heterocycles. The van der Waals surface area contributed by atoms with Crippen molar-refractivity contribution in [1.82, 2.24) is 4.98 Å². The van der Waals surface area contributed by atoms with Crippen LogP contribution in [0, 0.1) is 6.92 Å². The van der Waals surface area contributed by atoms with Gasteiger partial charge in [0.15, 0.2) is 0 Å². The van der Waals surface area contributed by atoms with Gasteiger partial charge in [-0.3, -0.25) is 4.79 Å². The normalized spacial score (nSPS) is 10.4. The molecule has 0 amide bonds. The lowest BCUT2D eigenvalue weighted by molar-refractivity contribution is -0.136. The maximum Gasteiger partial charge on any atom is 0.308 e. The van der Waals surface area contributed by atoms with Gasteiger partial charge in [0.2, 0.25) is 0 Å². The standard InChI is InChI=1S/C13H12ClNO3S/c1-8-4-9(2-3-11(8)14)18-7-12-15-6-10(19-12)5-13(16)17/h2-4,6H,5,7H2,1H3,(H,16,17). The lowest BCUT2D eigenvalue weighted by Gasteiger charge is -2.05. The zero-order valence-electron chi connectivity index (χ0n) is 10.2. The third-order valence-electron chi connectivity index (χ3n) is 2.42. The van der Waals surface area contributed by atoms with E-state index in [2.05, 4.69) is 4.98 Å². The summed E-state index contributed by atoms with van der Waals surface area (Å²) >= 11 is 7.27. The van der Waals surface area contributed by atoms with Crippen molar-refractivity contribution in [2.75, 3.05) is 0 Å². The van der Waals surface area contributed by atoms with E-state index in [0.29, 0.717) is 11.6 Å². The van der Waals surface area contributed by atoms with Crippen LogP contribution in [0.5, 0.6) is 5.75 Å². The van der Waals surface area contributed by atoms with Gasteiger partial charge in [-0.2, -0.15) is 0 Å². The summed E-state index contributed by atoms with van der Waals surface area (Å²) in [6.45, 7) is 2.23. The summed E-state index contributed by atoms with van der Waals surface area (Å²) in [5.41, 5.74) is 0.949. The molecule has 0 unspecified atom stereocenters. The zero-order chi connectivity index (χ0) is 13.8. The van der Waals surface area contributed by atoms with Gasteiger partial charge >= 0.3 is 5.97 Å². The first-order valence-corrected chi connectivity index (χ1v) is 6.78. The van der Waals surface area contributed by atoms with Gasteiger partial charge in [-0.05, 0) is 30.7 Å². The minimum absolute atomic E-state index is 0.00226. The molecule has 6 heteroatoms. The zero-order valence-corrected chi connectivity index (χ0v) is 11.8. The second kappa shape index (κ2) is 6.04. The van der Waals surface area contributed by atoms with E-state index in [1.165, 1.54) is 11.3 Å². The largest absolute Gasteiger partial charge is 0.486 e. The average molecular weight is 298 g/mol. The van der Waals surface area contributed by atoms with Crippen molar-refractivity contribution in [2.45, 2.75) is 20.0 Å². The number of aliphatic carboxylic acids is 1. The van der Waals surface area contributed by atoms with Crippen LogP contribution < -0.4 is 4.74 Å². The Morgan fingerprint density at radius 3 is 3.00 bits per heavy atom. The van der Waals surface area contributed by atoms with Gasteiger partial charge < -0.3 is 9.84 Å². The van der Waals surface area contributed by atoms with E-state index < -0.39 is 5.97 Å². The van der Waals surface area contributed by atoms with Crippen LogP contribution in [0.2, 0.25) is 5.02 Å². The first-order valence-electron chi connectivity index (χ1n) is 5.59. The quantitative estimate of drug-likeness (QED) is 0.920. The van der Waals surface area contributed by atoms with Crippen LogP contribution in [0.1, 0.15) is 15.4 Å². The topological polar surface area (TPSA) is 59.4 Å². The van der Waals surface area contributed by atoms with E-state index >= 15 is 0 Å². The van der Waals surface area contributed by atoms with Crippen LogP contribution in [-0.2, 0) is 17.8 Å². The number of ether oxygens (including phenoxy) is 1. The summed E-state index contributed by atoms with van der Waals surface area (Å²) < 4.78 is 5.59. The Kier molecular flexibility index (Phi) is 4.39. The van der Waals surface area contributed by atoms with Crippen LogP contribution in [0.15, 0.2) is 24.4 Å². The summed E-state index contributed by atoms with van der Waals surface area (Å²) in [6, 6.07) is 5.43. The first-order chi connectivity index (χ1) is 9.04. The lowest BCUT2D eigenvalue weighted by Crippen LogP contribution is -1.97. The molecule has 0 fully saturated rings. The van der Waals surface area contributed by atoms with E-state index in [0.717, 1.165) is 21.2 Å². The fourth-order valence-electron chi connectivity index (χ4n) is 1.50. The Balaban J connectivity index is 1.96. The molecule has 100 valence electrons. The molecule has 1 aromatic carbocycles. The number of benzene rings is 1. The number of halogens is 1. The van der Waals surface area contributed by atoms with Crippen molar-refractivity contribution < 1.29 is 14.6 Å². The first kappa shape index (κ1) is 13.8. The van der Waals surface area contributed by atoms with Crippen LogP contribution in [0.4, 0.5) is 0 Å². The second-order valence-corrected chi connectivity index (χ2v) is 5.60. The summed E-state index contributed by atoms with van der Waals surface area (Å²) in [5.74, 6) is -0.138. The molecule has 1 heterocycles. The van der Waals surface area contributed by atoms with Crippen molar-refractivity contribution in [3.05, 3.63) is 44.9 Å². The highest BCUT2D eigenvalue weighted by molar-refractivity contribution is 7.11. The summed E-state index contributed by atoms with van der Waals surface area (Å²) in [5, 5.41) is 10.1. The van der Waals surface area contributed by atoms with Crippen LogP contribution in [-0.4, -0.2) is 16.1 Å². The Bertz CT molecular complexity index is 597. The SMILES string of the molecule is Cc1cc(OCc2ncc(CC(=O)O)s2)ccc1Cl. The average Bonchev–Trinajstić information content (AvgIpc) is 2.77. The smallest absolute Gasteiger partial charge is 0.308 e. The second-order valence-electron chi connectivity index (χ2n) is 3.99. The molecular formula is C13H12ClNO3S. The lowest BCUT2D eigenvalue weighted by atomic mass is 10.2. The number of aromatic nitrogens is 1. The third-order valence-corrected chi connectivity index (χ3v) is 3.81. The molecule has 0 spiro atoms. The molecule has 2 rings (SSSR count). The fraction of sp³-hybridized carbons (Fsp3) is 0.231. The molecule has 4 nitrogen and oxygen atoms in total. The highest BCUT2D eigenvalue weighted by Crippen LogP contribution is 2.22. The number of carboxylic acids is 1. The van der Waals surface area contributed by atoms with Gasteiger partial charge in [0.1, 0.15) is 17.4 Å². The molecule has 0 aliphatic carbocycles.